The topological polar surface area (TPSA) is 0 Å². The van der Waals surface area contributed by atoms with E-state index in [4.69, 9.17) is 0 Å². The average Bonchev–Trinajstić information content (AvgIpc) is 2.77. The fraction of sp³-hybridized carbons (Fsp3) is 0. The molecule has 0 aliphatic rings. The summed E-state index contributed by atoms with van der Waals surface area (Å²) in [6, 6.07) is 36.6. The van der Waals surface area contributed by atoms with E-state index in [9.17, 15) is 0 Å². The molecular formula is C26H19Br2P. The third-order valence-electron chi connectivity index (χ3n) is 4.61. The van der Waals surface area contributed by atoms with Gasteiger partial charge in [-0.05, 0) is 53.2 Å². The Morgan fingerprint density at radius 1 is 0.552 bits per heavy atom. The van der Waals surface area contributed by atoms with Gasteiger partial charge in [-0.15, -0.1) is 0 Å². The van der Waals surface area contributed by atoms with Gasteiger partial charge in [0.2, 0.25) is 0 Å². The average molecular weight is 522 g/mol. The molecule has 4 aromatic carbocycles. The first-order chi connectivity index (χ1) is 14.2. The van der Waals surface area contributed by atoms with Crippen molar-refractivity contribution in [1.82, 2.24) is 0 Å². The second-order valence-electron chi connectivity index (χ2n) is 6.56. The smallest absolute Gasteiger partial charge is 0.0248 e. The van der Waals surface area contributed by atoms with Gasteiger partial charge >= 0.3 is 0 Å². The molecule has 0 spiro atoms. The lowest BCUT2D eigenvalue weighted by Crippen LogP contribution is -2.22. The minimum atomic E-state index is -0.633. The van der Waals surface area contributed by atoms with Crippen molar-refractivity contribution >= 4 is 67.8 Å². The molecule has 29 heavy (non-hydrogen) atoms. The van der Waals surface area contributed by atoms with Crippen molar-refractivity contribution in [3.05, 3.63) is 123 Å². The lowest BCUT2D eigenvalue weighted by atomic mass is 10.1. The van der Waals surface area contributed by atoms with Crippen molar-refractivity contribution in [2.24, 2.45) is 0 Å². The molecular weight excluding hydrogens is 503 g/mol. The van der Waals surface area contributed by atoms with Crippen LogP contribution in [0, 0.1) is 0 Å². The van der Waals surface area contributed by atoms with Gasteiger partial charge in [-0.25, -0.2) is 0 Å². The van der Waals surface area contributed by atoms with E-state index in [1.807, 2.05) is 6.07 Å². The SMILES string of the molecule is Brc1ccc(Br)c(/C=C/c2ccccc2P(c2ccccc2)c2ccccc2)c1. The highest BCUT2D eigenvalue weighted by Gasteiger charge is 2.18. The molecule has 0 nitrogen and oxygen atoms in total. The Hall–Kier alpha value is -1.99. The number of halogens is 2. The van der Waals surface area contributed by atoms with Crippen molar-refractivity contribution in [2.45, 2.75) is 0 Å². The van der Waals surface area contributed by atoms with Gasteiger partial charge in [0.25, 0.3) is 0 Å². The third-order valence-corrected chi connectivity index (χ3v) is 8.34. The molecule has 0 aliphatic carbocycles. The zero-order chi connectivity index (χ0) is 20.1. The lowest BCUT2D eigenvalue weighted by Gasteiger charge is -2.21. The van der Waals surface area contributed by atoms with Gasteiger partial charge in [-0.1, -0.05) is 129 Å². The molecule has 142 valence electrons. The van der Waals surface area contributed by atoms with E-state index < -0.39 is 7.92 Å². The van der Waals surface area contributed by atoms with Gasteiger partial charge < -0.3 is 0 Å². The van der Waals surface area contributed by atoms with Crippen LogP contribution in [0.25, 0.3) is 12.2 Å². The largest absolute Gasteiger partial charge is 0.0622 e. The zero-order valence-corrected chi connectivity index (χ0v) is 19.7. The minimum Gasteiger partial charge on any atom is -0.0622 e. The van der Waals surface area contributed by atoms with Crippen LogP contribution in [-0.2, 0) is 0 Å². The molecule has 0 radical (unpaired) electrons. The van der Waals surface area contributed by atoms with Gasteiger partial charge in [0, 0.05) is 8.95 Å². The summed E-state index contributed by atoms with van der Waals surface area (Å²) in [5.41, 5.74) is 2.40. The molecule has 0 saturated carbocycles. The molecule has 0 N–H and O–H groups in total. The van der Waals surface area contributed by atoms with Crippen molar-refractivity contribution < 1.29 is 0 Å². The predicted molar refractivity (Wildman–Crippen MR) is 136 cm³/mol. The second-order valence-corrected chi connectivity index (χ2v) is 10.5. The maximum atomic E-state index is 3.66. The Morgan fingerprint density at radius 3 is 1.76 bits per heavy atom. The number of rotatable bonds is 5. The first kappa shape index (κ1) is 20.3. The standard InChI is InChI=1S/C26H19Br2P/c27-22-17-18-25(28)21(19-22)16-15-20-9-7-8-14-26(20)29(23-10-3-1-4-11-23)24-12-5-2-6-13-24/h1-19H/b16-15+. The van der Waals surface area contributed by atoms with Crippen molar-refractivity contribution in [1.29, 1.82) is 0 Å². The van der Waals surface area contributed by atoms with Crippen LogP contribution in [0.15, 0.2) is 112 Å². The predicted octanol–water partition coefficient (Wildman–Crippen LogP) is 7.14. The highest BCUT2D eigenvalue weighted by atomic mass is 79.9. The minimum absolute atomic E-state index is 0.633. The van der Waals surface area contributed by atoms with Crippen LogP contribution in [0.3, 0.4) is 0 Å². The maximum Gasteiger partial charge on any atom is 0.0248 e. The summed E-state index contributed by atoms with van der Waals surface area (Å²) in [7, 11) is -0.633. The Morgan fingerprint density at radius 2 is 1.10 bits per heavy atom. The molecule has 0 bridgehead atoms. The molecule has 0 amide bonds. The number of benzene rings is 4. The molecule has 0 atom stereocenters. The molecule has 4 aromatic rings. The summed E-state index contributed by atoms with van der Waals surface area (Å²) < 4.78 is 2.16. The van der Waals surface area contributed by atoms with E-state index in [1.165, 1.54) is 21.5 Å². The summed E-state index contributed by atoms with van der Waals surface area (Å²) in [4.78, 5) is 0. The molecule has 3 heteroatoms. The second kappa shape index (κ2) is 9.67. The molecule has 0 aliphatic heterocycles. The van der Waals surface area contributed by atoms with Gasteiger partial charge in [0.05, 0.1) is 0 Å². The Bertz CT molecular complexity index is 1080. The molecule has 0 heterocycles. The highest BCUT2D eigenvalue weighted by molar-refractivity contribution is 9.11. The van der Waals surface area contributed by atoms with Gasteiger partial charge in [-0.3, -0.25) is 0 Å². The monoisotopic (exact) mass is 520 g/mol. The van der Waals surface area contributed by atoms with Crippen LogP contribution >= 0.6 is 39.8 Å². The molecule has 0 aromatic heterocycles. The summed E-state index contributed by atoms with van der Waals surface area (Å²) in [6.45, 7) is 0. The Balaban J connectivity index is 1.81. The van der Waals surface area contributed by atoms with Crippen LogP contribution in [0.5, 0.6) is 0 Å². The fourth-order valence-corrected chi connectivity index (χ4v) is 6.43. The quantitative estimate of drug-likeness (QED) is 0.193. The number of hydrogen-bond donors (Lipinski definition) is 0. The summed E-state index contributed by atoms with van der Waals surface area (Å²) in [6.07, 6.45) is 4.40. The van der Waals surface area contributed by atoms with E-state index >= 15 is 0 Å². The first-order valence-corrected chi connectivity index (χ1v) is 12.3. The van der Waals surface area contributed by atoms with Crippen molar-refractivity contribution in [3.8, 4) is 0 Å². The van der Waals surface area contributed by atoms with Gasteiger partial charge in [-0.2, -0.15) is 0 Å². The van der Waals surface area contributed by atoms with Crippen LogP contribution in [0.2, 0.25) is 0 Å². The van der Waals surface area contributed by atoms with E-state index in [0.717, 1.165) is 14.5 Å². The van der Waals surface area contributed by atoms with Crippen LogP contribution < -0.4 is 15.9 Å². The summed E-state index contributed by atoms with van der Waals surface area (Å²) in [5, 5.41) is 4.08. The van der Waals surface area contributed by atoms with Crippen LogP contribution in [0.4, 0.5) is 0 Å². The molecule has 0 unspecified atom stereocenters. The highest BCUT2D eigenvalue weighted by Crippen LogP contribution is 2.34. The molecule has 0 saturated heterocycles. The van der Waals surface area contributed by atoms with Crippen LogP contribution in [-0.4, -0.2) is 0 Å². The van der Waals surface area contributed by atoms with Gasteiger partial charge in [0.1, 0.15) is 0 Å². The number of hydrogen-bond acceptors (Lipinski definition) is 0. The third kappa shape index (κ3) is 4.95. The Labute approximate surface area is 190 Å². The van der Waals surface area contributed by atoms with E-state index in [-0.39, 0.29) is 0 Å². The van der Waals surface area contributed by atoms with E-state index in [2.05, 4.69) is 141 Å². The Kier molecular flexibility index (Phi) is 6.77. The van der Waals surface area contributed by atoms with Crippen LogP contribution in [0.1, 0.15) is 11.1 Å². The van der Waals surface area contributed by atoms with Crippen molar-refractivity contribution in [3.63, 3.8) is 0 Å². The van der Waals surface area contributed by atoms with Crippen molar-refractivity contribution in [2.75, 3.05) is 0 Å². The van der Waals surface area contributed by atoms with E-state index in [0.29, 0.717) is 0 Å². The normalized spacial score (nSPS) is 11.3. The lowest BCUT2D eigenvalue weighted by molar-refractivity contribution is 1.56. The fourth-order valence-electron chi connectivity index (χ4n) is 3.24. The maximum absolute atomic E-state index is 3.66. The summed E-state index contributed by atoms with van der Waals surface area (Å²) >= 11 is 7.23. The molecule has 0 fully saturated rings. The molecule has 4 rings (SSSR count). The van der Waals surface area contributed by atoms with E-state index in [1.54, 1.807) is 0 Å². The first-order valence-electron chi connectivity index (χ1n) is 9.35. The van der Waals surface area contributed by atoms with Gasteiger partial charge in [0.15, 0.2) is 0 Å². The zero-order valence-electron chi connectivity index (χ0n) is 15.7. The summed E-state index contributed by atoms with van der Waals surface area (Å²) in [5.74, 6) is 0.